The topological polar surface area (TPSA) is 72.2 Å². The number of carbonyl (C=O) groups is 1. The van der Waals surface area contributed by atoms with Crippen LogP contribution in [0, 0.1) is 12.7 Å². The van der Waals surface area contributed by atoms with Crippen LogP contribution in [0.4, 0.5) is 15.8 Å². The largest absolute Gasteiger partial charge is 0.399 e. The molecule has 2 aromatic rings. The molecule has 110 valence electrons. The standard InChI is InChI=1S/C15H15FN2O2S/c1-10-6-7-11(17)8-13(10)18-15(19)9-21(20)14-5-3-2-4-12(14)16/h2-8H,9,17H2,1H3,(H,18,19). The normalized spacial score (nSPS) is 11.9. The van der Waals surface area contributed by atoms with E-state index in [1.54, 1.807) is 24.3 Å². The molecule has 0 saturated carbocycles. The van der Waals surface area contributed by atoms with Gasteiger partial charge in [0.15, 0.2) is 0 Å². The number of benzene rings is 2. The van der Waals surface area contributed by atoms with Gasteiger partial charge >= 0.3 is 0 Å². The van der Waals surface area contributed by atoms with E-state index in [4.69, 9.17) is 5.73 Å². The summed E-state index contributed by atoms with van der Waals surface area (Å²) < 4.78 is 25.5. The van der Waals surface area contributed by atoms with E-state index in [9.17, 15) is 13.4 Å². The number of hydrogen-bond acceptors (Lipinski definition) is 3. The number of hydrogen-bond donors (Lipinski definition) is 2. The van der Waals surface area contributed by atoms with Crippen molar-refractivity contribution in [2.75, 3.05) is 16.8 Å². The number of aryl methyl sites for hydroxylation is 1. The lowest BCUT2D eigenvalue weighted by Gasteiger charge is -2.09. The van der Waals surface area contributed by atoms with Crippen molar-refractivity contribution in [3.63, 3.8) is 0 Å². The van der Waals surface area contributed by atoms with Crippen molar-refractivity contribution < 1.29 is 13.4 Å². The summed E-state index contributed by atoms with van der Waals surface area (Å²) in [7, 11) is -1.73. The molecule has 0 fully saturated rings. The van der Waals surface area contributed by atoms with Crippen molar-refractivity contribution in [1.82, 2.24) is 0 Å². The van der Waals surface area contributed by atoms with Gasteiger partial charge in [0.05, 0.1) is 15.7 Å². The Morgan fingerprint density at radius 2 is 2.00 bits per heavy atom. The monoisotopic (exact) mass is 306 g/mol. The van der Waals surface area contributed by atoms with E-state index in [2.05, 4.69) is 5.32 Å². The molecule has 0 heterocycles. The average molecular weight is 306 g/mol. The van der Waals surface area contributed by atoms with E-state index >= 15 is 0 Å². The van der Waals surface area contributed by atoms with Gasteiger partial charge in [-0.15, -0.1) is 0 Å². The first-order valence-corrected chi connectivity index (χ1v) is 7.58. The van der Waals surface area contributed by atoms with Crippen LogP contribution >= 0.6 is 0 Å². The van der Waals surface area contributed by atoms with Gasteiger partial charge in [0.2, 0.25) is 5.91 Å². The van der Waals surface area contributed by atoms with Crippen molar-refractivity contribution >= 4 is 28.1 Å². The Kier molecular flexibility index (Phi) is 4.70. The molecule has 3 N–H and O–H groups in total. The number of nitrogen functional groups attached to an aromatic ring is 1. The van der Waals surface area contributed by atoms with Crippen LogP contribution in [0.3, 0.4) is 0 Å². The first kappa shape index (κ1) is 15.2. The minimum Gasteiger partial charge on any atom is -0.399 e. The first-order chi connectivity index (χ1) is 9.97. The molecule has 0 bridgehead atoms. The Hall–Kier alpha value is -2.21. The molecule has 0 aliphatic heterocycles. The van der Waals surface area contributed by atoms with E-state index in [1.807, 2.05) is 6.92 Å². The lowest BCUT2D eigenvalue weighted by atomic mass is 10.2. The second kappa shape index (κ2) is 6.49. The van der Waals surface area contributed by atoms with Gasteiger partial charge in [0.1, 0.15) is 11.6 Å². The van der Waals surface area contributed by atoms with Crippen molar-refractivity contribution in [3.05, 3.63) is 53.8 Å². The van der Waals surface area contributed by atoms with E-state index in [-0.39, 0.29) is 10.6 Å². The fraction of sp³-hybridized carbons (Fsp3) is 0.133. The third-order valence-electron chi connectivity index (χ3n) is 2.88. The van der Waals surface area contributed by atoms with Crippen LogP contribution in [0.15, 0.2) is 47.4 Å². The van der Waals surface area contributed by atoms with Crippen LogP contribution in [0.2, 0.25) is 0 Å². The lowest BCUT2D eigenvalue weighted by molar-refractivity contribution is -0.113. The van der Waals surface area contributed by atoms with Crippen molar-refractivity contribution in [1.29, 1.82) is 0 Å². The van der Waals surface area contributed by atoms with Crippen LogP contribution in [0.5, 0.6) is 0 Å². The number of amides is 1. The van der Waals surface area contributed by atoms with E-state index in [1.165, 1.54) is 18.2 Å². The Bertz CT molecular complexity index is 704. The predicted molar refractivity (Wildman–Crippen MR) is 81.9 cm³/mol. The summed E-state index contributed by atoms with van der Waals surface area (Å²) in [6.07, 6.45) is 0. The van der Waals surface area contributed by atoms with Crippen molar-refractivity contribution in [2.45, 2.75) is 11.8 Å². The number of nitrogens with one attached hydrogen (secondary N) is 1. The number of rotatable bonds is 4. The summed E-state index contributed by atoms with van der Waals surface area (Å²) in [4.78, 5) is 11.9. The van der Waals surface area contributed by atoms with Gasteiger partial charge < -0.3 is 11.1 Å². The molecule has 0 aliphatic rings. The molecule has 1 atom stereocenters. The second-order valence-electron chi connectivity index (χ2n) is 4.54. The van der Waals surface area contributed by atoms with E-state index < -0.39 is 22.5 Å². The van der Waals surface area contributed by atoms with Gasteiger partial charge in [-0.2, -0.15) is 0 Å². The molecule has 2 rings (SSSR count). The molecule has 4 nitrogen and oxygen atoms in total. The number of nitrogens with two attached hydrogens (primary N) is 1. The molecule has 6 heteroatoms. The van der Waals surface area contributed by atoms with Crippen molar-refractivity contribution in [2.24, 2.45) is 0 Å². The highest BCUT2D eigenvalue weighted by Gasteiger charge is 2.14. The third-order valence-corrected chi connectivity index (χ3v) is 4.23. The summed E-state index contributed by atoms with van der Waals surface area (Å²) in [5.74, 6) is -1.34. The molecular weight excluding hydrogens is 291 g/mol. The van der Waals surface area contributed by atoms with E-state index in [0.29, 0.717) is 11.4 Å². The molecule has 1 unspecified atom stereocenters. The number of anilines is 2. The molecule has 2 aromatic carbocycles. The maximum atomic E-state index is 13.5. The minimum atomic E-state index is -1.73. The summed E-state index contributed by atoms with van der Waals surface area (Å²) in [5.41, 5.74) is 7.58. The Morgan fingerprint density at radius 1 is 1.29 bits per heavy atom. The molecule has 0 aromatic heterocycles. The Labute approximate surface area is 124 Å². The smallest absolute Gasteiger partial charge is 0.237 e. The molecule has 21 heavy (non-hydrogen) atoms. The highest BCUT2D eigenvalue weighted by molar-refractivity contribution is 7.85. The second-order valence-corrected chi connectivity index (χ2v) is 5.96. The molecule has 0 radical (unpaired) electrons. The van der Waals surface area contributed by atoms with E-state index in [0.717, 1.165) is 5.56 Å². The minimum absolute atomic E-state index is 0.0250. The van der Waals surface area contributed by atoms with Crippen LogP contribution in [0.25, 0.3) is 0 Å². The summed E-state index contributed by atoms with van der Waals surface area (Å²) in [6.45, 7) is 1.82. The lowest BCUT2D eigenvalue weighted by Crippen LogP contribution is -2.20. The molecular formula is C15H15FN2O2S. The average Bonchev–Trinajstić information content (AvgIpc) is 2.43. The Balaban J connectivity index is 2.07. The van der Waals surface area contributed by atoms with Crippen LogP contribution in [-0.4, -0.2) is 15.9 Å². The quantitative estimate of drug-likeness (QED) is 0.852. The summed E-state index contributed by atoms with van der Waals surface area (Å²) in [6, 6.07) is 10.8. The summed E-state index contributed by atoms with van der Waals surface area (Å²) >= 11 is 0. The third kappa shape index (κ3) is 3.88. The number of halogens is 1. The predicted octanol–water partition coefficient (Wildman–Crippen LogP) is 2.46. The zero-order valence-electron chi connectivity index (χ0n) is 11.4. The van der Waals surface area contributed by atoms with Crippen molar-refractivity contribution in [3.8, 4) is 0 Å². The number of carbonyl (C=O) groups excluding carboxylic acids is 1. The fourth-order valence-corrected chi connectivity index (χ4v) is 2.77. The molecule has 0 saturated heterocycles. The highest BCUT2D eigenvalue weighted by atomic mass is 32.2. The van der Waals surface area contributed by atoms with Gasteiger partial charge in [-0.25, -0.2) is 4.39 Å². The van der Waals surface area contributed by atoms with Gasteiger partial charge in [-0.05, 0) is 36.8 Å². The fourth-order valence-electron chi connectivity index (χ4n) is 1.79. The molecule has 0 spiro atoms. The maximum Gasteiger partial charge on any atom is 0.237 e. The van der Waals surface area contributed by atoms with Gasteiger partial charge in [0, 0.05) is 11.4 Å². The van der Waals surface area contributed by atoms with Crippen LogP contribution in [-0.2, 0) is 15.6 Å². The van der Waals surface area contributed by atoms with Gasteiger partial charge in [-0.3, -0.25) is 9.00 Å². The zero-order valence-corrected chi connectivity index (χ0v) is 12.2. The van der Waals surface area contributed by atoms with Gasteiger partial charge in [0.25, 0.3) is 0 Å². The van der Waals surface area contributed by atoms with Crippen LogP contribution < -0.4 is 11.1 Å². The molecule has 0 aliphatic carbocycles. The zero-order chi connectivity index (χ0) is 15.4. The van der Waals surface area contributed by atoms with Gasteiger partial charge in [-0.1, -0.05) is 18.2 Å². The maximum absolute atomic E-state index is 13.5. The first-order valence-electron chi connectivity index (χ1n) is 6.26. The van der Waals surface area contributed by atoms with Crippen LogP contribution in [0.1, 0.15) is 5.56 Å². The SMILES string of the molecule is Cc1ccc(N)cc1NC(=O)CS(=O)c1ccccc1F. The highest BCUT2D eigenvalue weighted by Crippen LogP contribution is 2.18. The molecule has 1 amide bonds. The summed E-state index contributed by atoms with van der Waals surface area (Å²) in [5, 5.41) is 2.64. The Morgan fingerprint density at radius 3 is 2.71 bits per heavy atom.